The van der Waals surface area contributed by atoms with E-state index in [1.165, 1.54) is 6.20 Å². The number of nitrogens with one attached hydrogen (secondary N) is 1. The summed E-state index contributed by atoms with van der Waals surface area (Å²) < 4.78 is 0. The van der Waals surface area contributed by atoms with Crippen LogP contribution in [0.25, 0.3) is 10.9 Å². The van der Waals surface area contributed by atoms with E-state index in [1.54, 1.807) is 6.07 Å². The third-order valence-electron chi connectivity index (χ3n) is 2.40. The molecule has 2 aromatic rings. The van der Waals surface area contributed by atoms with Crippen molar-refractivity contribution in [3.05, 3.63) is 33.9 Å². The van der Waals surface area contributed by atoms with Gasteiger partial charge >= 0.3 is 0 Å². The quantitative estimate of drug-likeness (QED) is 0.898. The van der Waals surface area contributed by atoms with Crippen molar-refractivity contribution >= 4 is 39.8 Å². The van der Waals surface area contributed by atoms with Gasteiger partial charge in [-0.15, -0.1) is 0 Å². The van der Waals surface area contributed by atoms with Crippen LogP contribution in [-0.2, 0) is 0 Å². The Morgan fingerprint density at radius 1 is 1.41 bits per heavy atom. The minimum Gasteiger partial charge on any atom is -0.384 e. The first-order valence-corrected chi connectivity index (χ1v) is 5.85. The smallest absolute Gasteiger partial charge is 0.103 e. The zero-order valence-electron chi connectivity index (χ0n) is 9.09. The fraction of sp³-hybridized carbons (Fsp3) is 0.167. The Morgan fingerprint density at radius 2 is 2.18 bits per heavy atom. The Morgan fingerprint density at radius 3 is 2.82 bits per heavy atom. The molecule has 0 aliphatic heterocycles. The van der Waals surface area contributed by atoms with Crippen molar-refractivity contribution in [2.24, 2.45) is 0 Å². The number of hydrogen-bond acceptors (Lipinski definition) is 3. The van der Waals surface area contributed by atoms with Gasteiger partial charge in [-0.3, -0.25) is 4.98 Å². The van der Waals surface area contributed by atoms with Crippen LogP contribution in [0, 0.1) is 11.3 Å². The van der Waals surface area contributed by atoms with Gasteiger partial charge in [0.15, 0.2) is 0 Å². The molecule has 1 aromatic heterocycles. The first kappa shape index (κ1) is 12.0. The molecule has 1 aromatic carbocycles. The lowest BCUT2D eigenvalue weighted by Gasteiger charge is -2.10. The molecule has 0 saturated carbocycles. The van der Waals surface area contributed by atoms with E-state index in [1.807, 2.05) is 13.0 Å². The number of fused-ring (bicyclic) bond motifs is 1. The molecule has 0 spiro atoms. The number of hydrogen-bond donors (Lipinski definition) is 1. The van der Waals surface area contributed by atoms with E-state index >= 15 is 0 Å². The summed E-state index contributed by atoms with van der Waals surface area (Å²) in [6.07, 6.45) is 1.50. The number of anilines is 1. The number of aromatic nitrogens is 1. The summed E-state index contributed by atoms with van der Waals surface area (Å²) in [5.74, 6) is 0. The molecule has 0 atom stereocenters. The van der Waals surface area contributed by atoms with Crippen molar-refractivity contribution in [3.8, 4) is 6.07 Å². The van der Waals surface area contributed by atoms with Crippen molar-refractivity contribution in [1.82, 2.24) is 4.98 Å². The van der Waals surface area contributed by atoms with Crippen LogP contribution < -0.4 is 5.32 Å². The average Bonchev–Trinajstić information content (AvgIpc) is 2.34. The molecule has 0 saturated heterocycles. The Hall–Kier alpha value is -1.50. The third kappa shape index (κ3) is 2.02. The number of halogens is 2. The lowest BCUT2D eigenvalue weighted by Crippen LogP contribution is -2.01. The molecule has 0 amide bonds. The molecule has 5 heteroatoms. The summed E-state index contributed by atoms with van der Waals surface area (Å²) in [5.41, 5.74) is 1.85. The molecule has 0 fully saturated rings. The van der Waals surface area contributed by atoms with Crippen molar-refractivity contribution < 1.29 is 0 Å². The second-order valence-corrected chi connectivity index (χ2v) is 4.23. The highest BCUT2D eigenvalue weighted by atomic mass is 35.5. The predicted octanol–water partition coefficient (Wildman–Crippen LogP) is 3.85. The number of pyridine rings is 1. The number of nitrogens with zero attached hydrogens (tertiary/aromatic N) is 2. The van der Waals surface area contributed by atoms with E-state index in [-0.39, 0.29) is 0 Å². The molecule has 2 rings (SSSR count). The second kappa shape index (κ2) is 4.79. The third-order valence-corrected chi connectivity index (χ3v) is 3.20. The Bertz CT molecular complexity index is 617. The molecular weight excluding hydrogens is 257 g/mol. The summed E-state index contributed by atoms with van der Waals surface area (Å²) in [4.78, 5) is 4.18. The van der Waals surface area contributed by atoms with Crippen molar-refractivity contribution in [3.63, 3.8) is 0 Å². The van der Waals surface area contributed by atoms with Gasteiger partial charge in [0.1, 0.15) is 6.07 Å². The van der Waals surface area contributed by atoms with Gasteiger partial charge in [0.05, 0.1) is 26.8 Å². The van der Waals surface area contributed by atoms with Gasteiger partial charge in [-0.25, -0.2) is 0 Å². The molecule has 1 N–H and O–H groups in total. The Balaban J connectivity index is 2.82. The van der Waals surface area contributed by atoms with E-state index in [0.717, 1.165) is 11.1 Å². The van der Waals surface area contributed by atoms with Crippen molar-refractivity contribution in [2.45, 2.75) is 6.92 Å². The fourth-order valence-electron chi connectivity index (χ4n) is 1.66. The molecule has 1 heterocycles. The van der Waals surface area contributed by atoms with Gasteiger partial charge in [-0.1, -0.05) is 23.2 Å². The maximum Gasteiger partial charge on any atom is 0.103 e. The first-order valence-electron chi connectivity index (χ1n) is 5.09. The highest BCUT2D eigenvalue weighted by molar-refractivity contribution is 6.45. The zero-order valence-corrected chi connectivity index (χ0v) is 10.6. The maximum atomic E-state index is 9.04. The molecule has 17 heavy (non-hydrogen) atoms. The van der Waals surface area contributed by atoms with E-state index in [9.17, 15) is 0 Å². The van der Waals surface area contributed by atoms with E-state index < -0.39 is 0 Å². The summed E-state index contributed by atoms with van der Waals surface area (Å²) in [6.45, 7) is 2.68. The molecule has 0 unspecified atom stereocenters. The van der Waals surface area contributed by atoms with Crippen LogP contribution in [0.3, 0.4) is 0 Å². The highest BCUT2D eigenvalue weighted by Gasteiger charge is 2.12. The number of benzene rings is 1. The summed E-state index contributed by atoms with van der Waals surface area (Å²) >= 11 is 12.0. The molecule has 86 valence electrons. The summed E-state index contributed by atoms with van der Waals surface area (Å²) in [5, 5.41) is 13.9. The maximum absolute atomic E-state index is 9.04. The molecular formula is C12H9Cl2N3. The first-order chi connectivity index (χ1) is 8.19. The molecule has 3 nitrogen and oxygen atoms in total. The van der Waals surface area contributed by atoms with Gasteiger partial charge in [0.2, 0.25) is 0 Å². The summed E-state index contributed by atoms with van der Waals surface area (Å²) in [6, 6.07) is 5.62. The van der Waals surface area contributed by atoms with Crippen molar-refractivity contribution in [1.29, 1.82) is 5.26 Å². The largest absolute Gasteiger partial charge is 0.384 e. The minimum atomic E-state index is 0.410. The molecule has 0 aliphatic rings. The lowest BCUT2D eigenvalue weighted by atomic mass is 10.1. The van der Waals surface area contributed by atoms with Gasteiger partial charge in [-0.2, -0.15) is 5.26 Å². The summed E-state index contributed by atoms with van der Waals surface area (Å²) in [7, 11) is 0. The molecule has 0 bridgehead atoms. The molecule has 0 aliphatic carbocycles. The van der Waals surface area contributed by atoms with Crippen LogP contribution >= 0.6 is 23.2 Å². The standard InChI is InChI=1S/C12H9Cl2N3/c1-2-16-11-7(5-15)6-17-12-8(11)3-4-9(13)10(12)14/h3-4,6H,2H2,1H3,(H,16,17). The number of nitriles is 1. The van der Waals surface area contributed by atoms with Crippen LogP contribution in [0.5, 0.6) is 0 Å². The van der Waals surface area contributed by atoms with Gasteiger partial charge in [-0.05, 0) is 19.1 Å². The Labute approximate surface area is 109 Å². The van der Waals surface area contributed by atoms with Crippen LogP contribution in [0.1, 0.15) is 12.5 Å². The van der Waals surface area contributed by atoms with Gasteiger partial charge in [0, 0.05) is 18.1 Å². The van der Waals surface area contributed by atoms with Gasteiger partial charge < -0.3 is 5.32 Å². The van der Waals surface area contributed by atoms with Crippen LogP contribution in [0.4, 0.5) is 5.69 Å². The van der Waals surface area contributed by atoms with Crippen LogP contribution in [-0.4, -0.2) is 11.5 Å². The van der Waals surface area contributed by atoms with E-state index in [0.29, 0.717) is 27.7 Å². The highest BCUT2D eigenvalue weighted by Crippen LogP contribution is 2.34. The normalized spacial score (nSPS) is 10.2. The topological polar surface area (TPSA) is 48.7 Å². The van der Waals surface area contributed by atoms with Crippen LogP contribution in [0.2, 0.25) is 10.0 Å². The average molecular weight is 266 g/mol. The zero-order chi connectivity index (χ0) is 12.4. The second-order valence-electron chi connectivity index (χ2n) is 3.45. The fourth-order valence-corrected chi connectivity index (χ4v) is 2.02. The number of rotatable bonds is 2. The predicted molar refractivity (Wildman–Crippen MR) is 70.6 cm³/mol. The van der Waals surface area contributed by atoms with Crippen LogP contribution in [0.15, 0.2) is 18.3 Å². The monoisotopic (exact) mass is 265 g/mol. The minimum absolute atomic E-state index is 0.410. The van der Waals surface area contributed by atoms with Crippen molar-refractivity contribution in [2.75, 3.05) is 11.9 Å². The Kier molecular flexibility index (Phi) is 3.37. The SMILES string of the molecule is CCNc1c(C#N)cnc2c(Cl)c(Cl)ccc12. The lowest BCUT2D eigenvalue weighted by molar-refractivity contribution is 1.21. The van der Waals surface area contributed by atoms with E-state index in [4.69, 9.17) is 28.5 Å². The van der Waals surface area contributed by atoms with Gasteiger partial charge in [0.25, 0.3) is 0 Å². The molecule has 0 radical (unpaired) electrons. The van der Waals surface area contributed by atoms with E-state index in [2.05, 4.69) is 16.4 Å².